The Morgan fingerprint density at radius 1 is 0.897 bits per heavy atom. The van der Waals surface area contributed by atoms with Crippen LogP contribution in [-0.2, 0) is 4.74 Å². The van der Waals surface area contributed by atoms with Gasteiger partial charge in [0.15, 0.2) is 0 Å². The molecule has 2 saturated heterocycles. The van der Waals surface area contributed by atoms with Crippen LogP contribution in [0.5, 0.6) is 0 Å². The van der Waals surface area contributed by atoms with E-state index in [-0.39, 0.29) is 36.2 Å². The van der Waals surface area contributed by atoms with Crippen LogP contribution in [0.4, 0.5) is 8.78 Å². The van der Waals surface area contributed by atoms with Crippen LogP contribution in [0.3, 0.4) is 0 Å². The van der Waals surface area contributed by atoms with Crippen molar-refractivity contribution in [2.45, 2.75) is 69.7 Å². The highest BCUT2D eigenvalue weighted by Gasteiger charge is 2.41. The Hall–Kier alpha value is -1.49. The van der Waals surface area contributed by atoms with Crippen LogP contribution in [0.25, 0.3) is 0 Å². The fourth-order valence-corrected chi connectivity index (χ4v) is 4.86. The summed E-state index contributed by atoms with van der Waals surface area (Å²) in [6, 6.07) is 14.2. The van der Waals surface area contributed by atoms with E-state index in [1.165, 1.54) is 56.5 Å². The van der Waals surface area contributed by atoms with Crippen molar-refractivity contribution in [1.29, 1.82) is 0 Å². The van der Waals surface area contributed by atoms with Crippen LogP contribution in [-0.4, -0.2) is 29.6 Å². The molecule has 2 aliphatic rings. The van der Waals surface area contributed by atoms with Crippen molar-refractivity contribution in [3.05, 3.63) is 71.3 Å². The molecule has 2 bridgehead atoms. The van der Waals surface area contributed by atoms with Gasteiger partial charge in [-0.05, 0) is 74.0 Å². The molecule has 2 heterocycles. The zero-order valence-electron chi connectivity index (χ0n) is 16.9. The minimum absolute atomic E-state index is 0. The van der Waals surface area contributed by atoms with Gasteiger partial charge in [-0.3, -0.25) is 4.90 Å². The largest absolute Gasteiger partial charge is 0.365 e. The number of fused-ring (bicyclic) bond motifs is 2. The molecule has 2 aliphatic heterocycles. The van der Waals surface area contributed by atoms with Crippen LogP contribution in [0.1, 0.15) is 62.7 Å². The number of ether oxygens (including phenoxy) is 1. The van der Waals surface area contributed by atoms with E-state index in [0.29, 0.717) is 12.1 Å². The third kappa shape index (κ3) is 5.17. The number of hydrogen-bond donors (Lipinski definition) is 0. The van der Waals surface area contributed by atoms with Crippen LogP contribution >= 0.6 is 12.4 Å². The first-order valence-corrected chi connectivity index (χ1v) is 10.6. The van der Waals surface area contributed by atoms with Crippen LogP contribution in [0.2, 0.25) is 0 Å². The quantitative estimate of drug-likeness (QED) is 0.521. The molecule has 0 aliphatic carbocycles. The molecule has 2 unspecified atom stereocenters. The van der Waals surface area contributed by atoms with E-state index >= 15 is 0 Å². The molecule has 29 heavy (non-hydrogen) atoms. The van der Waals surface area contributed by atoms with E-state index < -0.39 is 0 Å². The number of hydrogen-bond acceptors (Lipinski definition) is 2. The van der Waals surface area contributed by atoms with Gasteiger partial charge in [-0.25, -0.2) is 8.78 Å². The molecule has 158 valence electrons. The Balaban J connectivity index is 0.00000240. The lowest BCUT2D eigenvalue weighted by atomic mass is 9.97. The molecule has 0 radical (unpaired) electrons. The second kappa shape index (κ2) is 10.0. The van der Waals surface area contributed by atoms with Gasteiger partial charge in [0.05, 0.1) is 6.10 Å². The molecule has 2 aromatic carbocycles. The summed E-state index contributed by atoms with van der Waals surface area (Å²) in [4.78, 5) is 2.69. The van der Waals surface area contributed by atoms with Gasteiger partial charge in [0.1, 0.15) is 17.7 Å². The minimum Gasteiger partial charge on any atom is -0.365 e. The molecule has 0 N–H and O–H groups in total. The standard InChI is InChI=1S/C24H29F2NO.ClH/c1-2-3-14-27-21-12-13-22(27)16-23(15-21)28-24(17-4-8-19(25)9-5-17)18-6-10-20(26)11-7-18;/h4-11,21-24H,2-3,12-16H2,1H3;1H. The highest BCUT2D eigenvalue weighted by molar-refractivity contribution is 5.85. The molecule has 0 aromatic heterocycles. The molecular weight excluding hydrogens is 392 g/mol. The normalized spacial score (nSPS) is 23.9. The lowest BCUT2D eigenvalue weighted by Gasteiger charge is -2.40. The van der Waals surface area contributed by atoms with Gasteiger partial charge in [0.25, 0.3) is 0 Å². The van der Waals surface area contributed by atoms with E-state index in [2.05, 4.69) is 11.8 Å². The second-order valence-electron chi connectivity index (χ2n) is 8.19. The summed E-state index contributed by atoms with van der Waals surface area (Å²) in [7, 11) is 0. The molecular formula is C24H30ClF2NO. The monoisotopic (exact) mass is 421 g/mol. The van der Waals surface area contributed by atoms with Crippen molar-refractivity contribution in [2.75, 3.05) is 6.54 Å². The summed E-state index contributed by atoms with van der Waals surface area (Å²) in [5.74, 6) is -0.521. The van der Waals surface area contributed by atoms with Gasteiger partial charge in [0.2, 0.25) is 0 Å². The SMILES string of the molecule is CCCCN1C2CCC1CC(OC(c1ccc(F)cc1)c1ccc(F)cc1)C2.Cl. The average molecular weight is 422 g/mol. The summed E-state index contributed by atoms with van der Waals surface area (Å²) in [6.07, 6.45) is 6.96. The summed E-state index contributed by atoms with van der Waals surface area (Å²) in [6.45, 7) is 3.44. The molecule has 4 rings (SSSR count). The lowest BCUT2D eigenvalue weighted by Crippen LogP contribution is -2.46. The van der Waals surface area contributed by atoms with Crippen molar-refractivity contribution in [2.24, 2.45) is 0 Å². The summed E-state index contributed by atoms with van der Waals surface area (Å²) in [5, 5.41) is 0. The fourth-order valence-electron chi connectivity index (χ4n) is 4.86. The summed E-state index contributed by atoms with van der Waals surface area (Å²) in [5.41, 5.74) is 1.82. The van der Waals surface area contributed by atoms with Gasteiger partial charge in [-0.15, -0.1) is 12.4 Å². The van der Waals surface area contributed by atoms with E-state index in [0.717, 1.165) is 24.0 Å². The Bertz CT molecular complexity index is 708. The number of piperidine rings is 1. The van der Waals surface area contributed by atoms with Crippen molar-refractivity contribution < 1.29 is 13.5 Å². The zero-order valence-corrected chi connectivity index (χ0v) is 17.7. The van der Waals surface area contributed by atoms with Crippen molar-refractivity contribution in [3.8, 4) is 0 Å². The highest BCUT2D eigenvalue weighted by Crippen LogP contribution is 2.39. The van der Waals surface area contributed by atoms with Crippen LogP contribution < -0.4 is 0 Å². The molecule has 2 fully saturated rings. The molecule has 2 nitrogen and oxygen atoms in total. The Morgan fingerprint density at radius 2 is 1.38 bits per heavy atom. The summed E-state index contributed by atoms with van der Waals surface area (Å²) < 4.78 is 33.5. The maximum atomic E-state index is 13.4. The first-order valence-electron chi connectivity index (χ1n) is 10.6. The van der Waals surface area contributed by atoms with Crippen LogP contribution in [0.15, 0.2) is 48.5 Å². The maximum Gasteiger partial charge on any atom is 0.123 e. The molecule has 0 saturated carbocycles. The minimum atomic E-state index is -0.298. The van der Waals surface area contributed by atoms with E-state index in [4.69, 9.17) is 4.74 Å². The topological polar surface area (TPSA) is 12.5 Å². The Kier molecular flexibility index (Phi) is 7.66. The van der Waals surface area contributed by atoms with Gasteiger partial charge in [-0.1, -0.05) is 37.6 Å². The third-order valence-electron chi connectivity index (χ3n) is 6.28. The van der Waals surface area contributed by atoms with Gasteiger partial charge in [-0.2, -0.15) is 0 Å². The van der Waals surface area contributed by atoms with Crippen molar-refractivity contribution >= 4 is 12.4 Å². The first kappa shape index (κ1) is 22.2. The van der Waals surface area contributed by atoms with Crippen molar-refractivity contribution in [1.82, 2.24) is 4.90 Å². The maximum absolute atomic E-state index is 13.4. The van der Waals surface area contributed by atoms with E-state index in [1.54, 1.807) is 24.3 Å². The number of halogens is 3. The number of benzene rings is 2. The molecule has 2 atom stereocenters. The Labute approximate surface area is 178 Å². The molecule has 2 aromatic rings. The van der Waals surface area contributed by atoms with E-state index in [9.17, 15) is 8.78 Å². The second-order valence-corrected chi connectivity index (χ2v) is 8.19. The number of nitrogens with zero attached hydrogens (tertiary/aromatic N) is 1. The highest BCUT2D eigenvalue weighted by atomic mass is 35.5. The third-order valence-corrected chi connectivity index (χ3v) is 6.28. The molecule has 0 amide bonds. The number of unbranched alkanes of at least 4 members (excludes halogenated alkanes) is 1. The smallest absolute Gasteiger partial charge is 0.123 e. The molecule has 5 heteroatoms. The molecule has 0 spiro atoms. The Morgan fingerprint density at radius 3 is 1.83 bits per heavy atom. The van der Waals surface area contributed by atoms with Crippen LogP contribution in [0, 0.1) is 11.6 Å². The van der Waals surface area contributed by atoms with Gasteiger partial charge < -0.3 is 4.74 Å². The number of rotatable bonds is 7. The summed E-state index contributed by atoms with van der Waals surface area (Å²) >= 11 is 0. The predicted molar refractivity (Wildman–Crippen MR) is 114 cm³/mol. The first-order chi connectivity index (χ1) is 13.6. The van der Waals surface area contributed by atoms with Gasteiger partial charge >= 0.3 is 0 Å². The zero-order chi connectivity index (χ0) is 19.5. The van der Waals surface area contributed by atoms with Crippen molar-refractivity contribution in [3.63, 3.8) is 0 Å². The predicted octanol–water partition coefficient (Wildman–Crippen LogP) is 6.29. The van der Waals surface area contributed by atoms with E-state index in [1.807, 2.05) is 0 Å². The average Bonchev–Trinajstić information content (AvgIpc) is 2.94. The fraction of sp³-hybridized carbons (Fsp3) is 0.500. The lowest BCUT2D eigenvalue weighted by molar-refractivity contribution is -0.0483. The van der Waals surface area contributed by atoms with Gasteiger partial charge in [0, 0.05) is 12.1 Å².